The molecule has 3 nitrogen and oxygen atoms in total. The van der Waals surface area contributed by atoms with Gasteiger partial charge in [-0.15, -0.1) is 11.3 Å². The van der Waals surface area contributed by atoms with E-state index in [9.17, 15) is 5.11 Å². The van der Waals surface area contributed by atoms with Gasteiger partial charge < -0.3 is 14.6 Å². The lowest BCUT2D eigenvalue weighted by Gasteiger charge is -2.12. The molecular formula is C14H15BrO3S. The molecule has 0 unspecified atom stereocenters. The van der Waals surface area contributed by atoms with E-state index in [1.807, 2.05) is 24.3 Å². The zero-order chi connectivity index (χ0) is 13.8. The summed E-state index contributed by atoms with van der Waals surface area (Å²) in [6.07, 6.45) is -0.517. The number of ether oxygens (including phenoxy) is 2. The average Bonchev–Trinajstić information content (AvgIpc) is 2.81. The fourth-order valence-electron chi connectivity index (χ4n) is 1.64. The maximum absolute atomic E-state index is 9.55. The summed E-state index contributed by atoms with van der Waals surface area (Å²) in [5.74, 6) is 1.31. The molecule has 2 rings (SSSR count). The van der Waals surface area contributed by atoms with E-state index in [2.05, 4.69) is 15.9 Å². The van der Waals surface area contributed by atoms with Crippen molar-refractivity contribution in [3.8, 4) is 11.5 Å². The van der Waals surface area contributed by atoms with E-state index in [1.54, 1.807) is 31.4 Å². The fourth-order valence-corrected chi connectivity index (χ4v) is 3.04. The van der Waals surface area contributed by atoms with Crippen LogP contribution in [0.15, 0.2) is 34.1 Å². The first-order chi connectivity index (χ1) is 9.10. The van der Waals surface area contributed by atoms with Gasteiger partial charge in [-0.05, 0) is 52.7 Å². The van der Waals surface area contributed by atoms with Crippen LogP contribution in [0.25, 0.3) is 0 Å². The molecule has 0 spiro atoms. The minimum atomic E-state index is -0.517. The Morgan fingerprint density at radius 1 is 1.26 bits per heavy atom. The molecule has 0 aliphatic rings. The molecule has 5 heteroatoms. The number of methoxy groups -OCH3 is 1. The molecule has 0 fully saturated rings. The summed E-state index contributed by atoms with van der Waals surface area (Å²) in [5.41, 5.74) is 0.808. The largest absolute Gasteiger partial charge is 0.493 e. The van der Waals surface area contributed by atoms with Crippen molar-refractivity contribution < 1.29 is 14.6 Å². The van der Waals surface area contributed by atoms with Crippen molar-refractivity contribution in [3.63, 3.8) is 0 Å². The summed E-state index contributed by atoms with van der Waals surface area (Å²) in [6.45, 7) is 2.22. The summed E-state index contributed by atoms with van der Waals surface area (Å²) >= 11 is 5.06. The minimum absolute atomic E-state index is 0.501. The van der Waals surface area contributed by atoms with Gasteiger partial charge in [0.05, 0.1) is 17.0 Å². The van der Waals surface area contributed by atoms with E-state index in [1.165, 1.54) is 0 Å². The van der Waals surface area contributed by atoms with Gasteiger partial charge in [0.2, 0.25) is 0 Å². The van der Waals surface area contributed by atoms with Gasteiger partial charge >= 0.3 is 0 Å². The van der Waals surface area contributed by atoms with Crippen LogP contribution in [0.1, 0.15) is 23.5 Å². The summed E-state index contributed by atoms with van der Waals surface area (Å²) in [5, 5.41) is 9.55. The van der Waals surface area contributed by atoms with Crippen LogP contribution in [-0.4, -0.2) is 12.2 Å². The van der Waals surface area contributed by atoms with Crippen LogP contribution in [-0.2, 0) is 6.61 Å². The van der Waals surface area contributed by atoms with Crippen LogP contribution < -0.4 is 9.47 Å². The Morgan fingerprint density at radius 2 is 2.05 bits per heavy atom. The minimum Gasteiger partial charge on any atom is -0.493 e. The zero-order valence-electron chi connectivity index (χ0n) is 10.7. The molecular weight excluding hydrogens is 328 g/mol. The second-order valence-corrected chi connectivity index (χ2v) is 6.63. The highest BCUT2D eigenvalue weighted by molar-refractivity contribution is 9.11. The quantitative estimate of drug-likeness (QED) is 0.886. The maximum Gasteiger partial charge on any atom is 0.161 e. The van der Waals surface area contributed by atoms with Crippen molar-refractivity contribution in [2.45, 2.75) is 19.6 Å². The predicted octanol–water partition coefficient (Wildman–Crippen LogP) is 4.15. The smallest absolute Gasteiger partial charge is 0.161 e. The van der Waals surface area contributed by atoms with Gasteiger partial charge in [0.25, 0.3) is 0 Å². The second-order valence-electron chi connectivity index (χ2n) is 4.08. The first-order valence-electron chi connectivity index (χ1n) is 5.83. The van der Waals surface area contributed by atoms with Crippen LogP contribution in [0.2, 0.25) is 0 Å². The predicted molar refractivity (Wildman–Crippen MR) is 80.0 cm³/mol. The molecule has 0 radical (unpaired) electrons. The molecule has 1 aromatic heterocycles. The monoisotopic (exact) mass is 342 g/mol. The van der Waals surface area contributed by atoms with Gasteiger partial charge in [0.1, 0.15) is 6.61 Å². The van der Waals surface area contributed by atoms with Gasteiger partial charge in [-0.1, -0.05) is 6.07 Å². The van der Waals surface area contributed by atoms with Crippen LogP contribution >= 0.6 is 27.3 Å². The fraction of sp³-hybridized carbons (Fsp3) is 0.286. The number of rotatable bonds is 5. The summed E-state index contributed by atoms with van der Waals surface area (Å²) < 4.78 is 12.1. The van der Waals surface area contributed by atoms with Gasteiger partial charge in [0.15, 0.2) is 11.5 Å². The Morgan fingerprint density at radius 3 is 2.63 bits per heavy atom. The van der Waals surface area contributed by atoms with E-state index in [-0.39, 0.29) is 0 Å². The molecule has 0 saturated heterocycles. The first-order valence-corrected chi connectivity index (χ1v) is 7.44. The summed E-state index contributed by atoms with van der Waals surface area (Å²) in [6, 6.07) is 9.48. The number of aliphatic hydroxyl groups excluding tert-OH is 1. The van der Waals surface area contributed by atoms with Crippen molar-refractivity contribution in [1.29, 1.82) is 0 Å². The summed E-state index contributed by atoms with van der Waals surface area (Å²) in [4.78, 5) is 1.13. The van der Waals surface area contributed by atoms with E-state index in [0.29, 0.717) is 18.1 Å². The normalized spacial score (nSPS) is 12.2. The van der Waals surface area contributed by atoms with Crippen molar-refractivity contribution >= 4 is 27.3 Å². The lowest BCUT2D eigenvalue weighted by Crippen LogP contribution is -1.98. The lowest BCUT2D eigenvalue weighted by molar-refractivity contribution is 0.198. The third-order valence-corrected chi connectivity index (χ3v) is 4.27. The molecule has 0 aliphatic carbocycles. The van der Waals surface area contributed by atoms with E-state index in [0.717, 1.165) is 14.2 Å². The van der Waals surface area contributed by atoms with Gasteiger partial charge in [0, 0.05) is 4.88 Å². The Balaban J connectivity index is 2.11. The second kappa shape index (κ2) is 6.41. The maximum atomic E-state index is 9.55. The highest BCUT2D eigenvalue weighted by atomic mass is 79.9. The molecule has 0 aliphatic heterocycles. The Labute approximate surface area is 124 Å². The molecule has 2 aromatic rings. The number of thiophene rings is 1. The van der Waals surface area contributed by atoms with Crippen LogP contribution in [0, 0.1) is 0 Å². The van der Waals surface area contributed by atoms with Crippen molar-refractivity contribution in [3.05, 3.63) is 44.6 Å². The van der Waals surface area contributed by atoms with E-state index >= 15 is 0 Å². The number of benzene rings is 1. The van der Waals surface area contributed by atoms with Gasteiger partial charge in [-0.25, -0.2) is 0 Å². The zero-order valence-corrected chi connectivity index (χ0v) is 13.1. The third kappa shape index (κ3) is 3.72. The van der Waals surface area contributed by atoms with Gasteiger partial charge in [-0.3, -0.25) is 0 Å². The number of hydrogen-bond donors (Lipinski definition) is 1. The lowest BCUT2D eigenvalue weighted by atomic mass is 10.1. The van der Waals surface area contributed by atoms with E-state index in [4.69, 9.17) is 9.47 Å². The van der Waals surface area contributed by atoms with Crippen LogP contribution in [0.4, 0.5) is 0 Å². The third-order valence-electron chi connectivity index (χ3n) is 2.67. The number of hydrogen-bond acceptors (Lipinski definition) is 4. The Bertz CT molecular complexity index is 551. The van der Waals surface area contributed by atoms with Crippen molar-refractivity contribution in [2.75, 3.05) is 7.11 Å². The Hall–Kier alpha value is -1.04. The average molecular weight is 343 g/mol. The summed E-state index contributed by atoms with van der Waals surface area (Å²) in [7, 11) is 1.59. The highest BCUT2D eigenvalue weighted by Crippen LogP contribution is 2.31. The SMILES string of the molecule is COc1cc([C@H](C)O)ccc1OCc1ccc(Br)s1. The van der Waals surface area contributed by atoms with Crippen molar-refractivity contribution in [2.24, 2.45) is 0 Å². The van der Waals surface area contributed by atoms with Crippen molar-refractivity contribution in [1.82, 2.24) is 0 Å². The number of halogens is 1. The molecule has 0 amide bonds. The van der Waals surface area contributed by atoms with Crippen LogP contribution in [0.5, 0.6) is 11.5 Å². The molecule has 0 bridgehead atoms. The molecule has 1 heterocycles. The Kier molecular flexibility index (Phi) is 4.85. The molecule has 1 atom stereocenters. The number of aliphatic hydroxyl groups is 1. The topological polar surface area (TPSA) is 38.7 Å². The van der Waals surface area contributed by atoms with Gasteiger partial charge in [-0.2, -0.15) is 0 Å². The highest BCUT2D eigenvalue weighted by Gasteiger charge is 2.09. The molecule has 1 aromatic carbocycles. The first kappa shape index (κ1) is 14.4. The van der Waals surface area contributed by atoms with E-state index < -0.39 is 6.10 Å². The molecule has 0 saturated carbocycles. The molecule has 19 heavy (non-hydrogen) atoms. The molecule has 1 N–H and O–H groups in total. The van der Waals surface area contributed by atoms with Crippen LogP contribution in [0.3, 0.4) is 0 Å². The standard InChI is InChI=1S/C14H15BrO3S/c1-9(16)10-3-5-12(13(7-10)17-2)18-8-11-4-6-14(15)19-11/h3-7,9,16H,8H2,1-2H3/t9-/m0/s1. The molecule has 102 valence electrons.